The van der Waals surface area contributed by atoms with Crippen molar-refractivity contribution >= 4 is 23.2 Å². The van der Waals surface area contributed by atoms with Gasteiger partial charge in [0.2, 0.25) is 0 Å². The summed E-state index contributed by atoms with van der Waals surface area (Å²) in [5, 5.41) is 3.44. The zero-order valence-corrected chi connectivity index (χ0v) is 13.8. The first-order valence-electron chi connectivity index (χ1n) is 7.30. The number of ether oxygens (including phenoxy) is 1. The van der Waals surface area contributed by atoms with E-state index in [2.05, 4.69) is 5.32 Å². The van der Waals surface area contributed by atoms with Crippen LogP contribution in [0.1, 0.15) is 24.5 Å². The molecule has 0 unspecified atom stereocenters. The van der Waals surface area contributed by atoms with Crippen LogP contribution in [0.3, 0.4) is 0 Å². The quantitative estimate of drug-likeness (QED) is 0.864. The molecule has 0 saturated carbocycles. The van der Waals surface area contributed by atoms with Gasteiger partial charge < -0.3 is 10.1 Å². The molecule has 1 N–H and O–H groups in total. The van der Waals surface area contributed by atoms with E-state index in [0.29, 0.717) is 17.2 Å². The summed E-state index contributed by atoms with van der Waals surface area (Å²) in [5.74, 6) is 0.350. The summed E-state index contributed by atoms with van der Waals surface area (Å²) >= 11 is 6.08. The fourth-order valence-corrected chi connectivity index (χ4v) is 2.28. The molecule has 0 aliphatic heterocycles. The second kappa shape index (κ2) is 7.32. The van der Waals surface area contributed by atoms with Gasteiger partial charge >= 0.3 is 0 Å². The van der Waals surface area contributed by atoms with Crippen LogP contribution in [0, 0.1) is 13.8 Å². The van der Waals surface area contributed by atoms with Crippen molar-refractivity contribution in [2.45, 2.75) is 33.3 Å². The third kappa shape index (κ3) is 4.01. The number of anilines is 1. The first-order chi connectivity index (χ1) is 10.5. The summed E-state index contributed by atoms with van der Waals surface area (Å²) in [6, 6.07) is 13.1. The molecule has 1 atom stereocenters. The standard InChI is InChI=1S/C18H20ClNO2/c1-4-16(22-17-8-6-5-7-14(17)19)18(21)20-15-11-12(2)9-10-13(15)3/h5-11,16H,4H2,1-3H3,(H,20,21)/t16-/m0/s1. The van der Waals surface area contributed by atoms with Crippen LogP contribution < -0.4 is 10.1 Å². The number of halogens is 1. The summed E-state index contributed by atoms with van der Waals surface area (Å²) in [6.45, 7) is 5.86. The molecule has 2 aromatic rings. The van der Waals surface area contributed by atoms with E-state index in [1.807, 2.05) is 51.1 Å². The number of carbonyl (C=O) groups is 1. The fraction of sp³-hybridized carbons (Fsp3) is 0.278. The summed E-state index contributed by atoms with van der Waals surface area (Å²) in [4.78, 5) is 12.4. The first-order valence-corrected chi connectivity index (χ1v) is 7.68. The van der Waals surface area contributed by atoms with Crippen molar-refractivity contribution < 1.29 is 9.53 Å². The van der Waals surface area contributed by atoms with Crippen molar-refractivity contribution in [2.75, 3.05) is 5.32 Å². The van der Waals surface area contributed by atoms with Crippen LogP contribution in [0.15, 0.2) is 42.5 Å². The normalized spacial score (nSPS) is 11.8. The minimum absolute atomic E-state index is 0.170. The third-order valence-corrected chi connectivity index (χ3v) is 3.73. The minimum atomic E-state index is -0.584. The summed E-state index contributed by atoms with van der Waals surface area (Å²) in [7, 11) is 0. The summed E-state index contributed by atoms with van der Waals surface area (Å²) in [5.41, 5.74) is 2.93. The molecular formula is C18H20ClNO2. The lowest BCUT2D eigenvalue weighted by Gasteiger charge is -2.19. The van der Waals surface area contributed by atoms with E-state index in [1.165, 1.54) is 0 Å². The number of benzene rings is 2. The maximum atomic E-state index is 12.4. The smallest absolute Gasteiger partial charge is 0.265 e. The van der Waals surface area contributed by atoms with Crippen molar-refractivity contribution in [3.8, 4) is 5.75 Å². The zero-order valence-electron chi connectivity index (χ0n) is 13.0. The van der Waals surface area contributed by atoms with Crippen molar-refractivity contribution in [2.24, 2.45) is 0 Å². The van der Waals surface area contributed by atoms with E-state index in [-0.39, 0.29) is 5.91 Å². The van der Waals surface area contributed by atoms with Crippen molar-refractivity contribution in [1.82, 2.24) is 0 Å². The Hall–Kier alpha value is -2.00. The Balaban J connectivity index is 2.12. The molecule has 0 saturated heterocycles. The average Bonchev–Trinajstić information content (AvgIpc) is 2.50. The second-order valence-electron chi connectivity index (χ2n) is 5.25. The van der Waals surface area contributed by atoms with Gasteiger partial charge in [0.05, 0.1) is 5.02 Å². The minimum Gasteiger partial charge on any atom is -0.479 e. The molecule has 0 fully saturated rings. The number of rotatable bonds is 5. The lowest BCUT2D eigenvalue weighted by molar-refractivity contribution is -0.122. The third-order valence-electron chi connectivity index (χ3n) is 3.42. The van der Waals surface area contributed by atoms with Crippen LogP contribution in [-0.4, -0.2) is 12.0 Å². The van der Waals surface area contributed by atoms with Gasteiger partial charge in [0.15, 0.2) is 6.10 Å². The highest BCUT2D eigenvalue weighted by atomic mass is 35.5. The highest BCUT2D eigenvalue weighted by molar-refractivity contribution is 6.32. The lowest BCUT2D eigenvalue weighted by atomic mass is 10.1. The van der Waals surface area contributed by atoms with Crippen LogP contribution >= 0.6 is 11.6 Å². The van der Waals surface area contributed by atoms with Crippen LogP contribution in [-0.2, 0) is 4.79 Å². The molecule has 0 aromatic heterocycles. The van der Waals surface area contributed by atoms with Gasteiger partial charge in [0, 0.05) is 5.69 Å². The average molecular weight is 318 g/mol. The molecule has 0 aliphatic carbocycles. The van der Waals surface area contributed by atoms with Gasteiger partial charge in [-0.3, -0.25) is 4.79 Å². The van der Waals surface area contributed by atoms with Crippen molar-refractivity contribution in [3.05, 3.63) is 58.6 Å². The van der Waals surface area contributed by atoms with Gasteiger partial charge in [0.1, 0.15) is 5.75 Å². The Bertz CT molecular complexity index is 670. The number of hydrogen-bond donors (Lipinski definition) is 1. The van der Waals surface area contributed by atoms with Crippen LogP contribution in [0.25, 0.3) is 0 Å². The molecule has 0 spiro atoms. The Morgan fingerprint density at radius 2 is 1.95 bits per heavy atom. The number of para-hydroxylation sites is 1. The Morgan fingerprint density at radius 3 is 2.64 bits per heavy atom. The van der Waals surface area contributed by atoms with Gasteiger partial charge in [-0.1, -0.05) is 42.8 Å². The largest absolute Gasteiger partial charge is 0.479 e. The Kier molecular flexibility index (Phi) is 5.45. The van der Waals surface area contributed by atoms with Crippen molar-refractivity contribution in [1.29, 1.82) is 0 Å². The predicted molar refractivity (Wildman–Crippen MR) is 90.7 cm³/mol. The molecule has 2 aromatic carbocycles. The highest BCUT2D eigenvalue weighted by Crippen LogP contribution is 2.25. The van der Waals surface area contributed by atoms with E-state index < -0.39 is 6.10 Å². The van der Waals surface area contributed by atoms with Gasteiger partial charge in [-0.05, 0) is 49.6 Å². The maximum absolute atomic E-state index is 12.4. The monoisotopic (exact) mass is 317 g/mol. The van der Waals surface area contributed by atoms with E-state index in [9.17, 15) is 4.79 Å². The molecule has 0 bridgehead atoms. The highest BCUT2D eigenvalue weighted by Gasteiger charge is 2.20. The summed E-state index contributed by atoms with van der Waals surface area (Å²) in [6.07, 6.45) is -0.0260. The molecule has 116 valence electrons. The molecular weight excluding hydrogens is 298 g/mol. The lowest BCUT2D eigenvalue weighted by Crippen LogP contribution is -2.32. The second-order valence-corrected chi connectivity index (χ2v) is 5.66. The summed E-state index contributed by atoms with van der Waals surface area (Å²) < 4.78 is 5.75. The number of aryl methyl sites for hydroxylation is 2. The number of nitrogens with one attached hydrogen (secondary N) is 1. The Morgan fingerprint density at radius 1 is 1.23 bits per heavy atom. The van der Waals surface area contributed by atoms with E-state index in [0.717, 1.165) is 16.8 Å². The SMILES string of the molecule is CC[C@H](Oc1ccccc1Cl)C(=O)Nc1cc(C)ccc1C. The molecule has 0 heterocycles. The van der Waals surface area contributed by atoms with E-state index in [1.54, 1.807) is 12.1 Å². The van der Waals surface area contributed by atoms with Crippen LogP contribution in [0.4, 0.5) is 5.69 Å². The molecule has 2 rings (SSSR count). The molecule has 4 heteroatoms. The fourth-order valence-electron chi connectivity index (χ4n) is 2.10. The van der Waals surface area contributed by atoms with Gasteiger partial charge in [-0.2, -0.15) is 0 Å². The van der Waals surface area contributed by atoms with Crippen molar-refractivity contribution in [3.63, 3.8) is 0 Å². The molecule has 3 nitrogen and oxygen atoms in total. The Labute approximate surface area is 136 Å². The maximum Gasteiger partial charge on any atom is 0.265 e. The van der Waals surface area contributed by atoms with E-state index >= 15 is 0 Å². The number of carbonyl (C=O) groups excluding carboxylic acids is 1. The number of amides is 1. The first kappa shape index (κ1) is 16.4. The van der Waals surface area contributed by atoms with Gasteiger partial charge in [0.25, 0.3) is 5.91 Å². The topological polar surface area (TPSA) is 38.3 Å². The molecule has 0 radical (unpaired) electrons. The van der Waals surface area contributed by atoms with Gasteiger partial charge in [-0.25, -0.2) is 0 Å². The van der Waals surface area contributed by atoms with Crippen LogP contribution in [0.5, 0.6) is 5.75 Å². The zero-order chi connectivity index (χ0) is 16.1. The molecule has 0 aliphatic rings. The predicted octanol–water partition coefficient (Wildman–Crippen LogP) is 4.75. The van der Waals surface area contributed by atoms with Crippen LogP contribution in [0.2, 0.25) is 5.02 Å². The van der Waals surface area contributed by atoms with E-state index in [4.69, 9.17) is 16.3 Å². The molecule has 22 heavy (non-hydrogen) atoms. The van der Waals surface area contributed by atoms with Gasteiger partial charge in [-0.15, -0.1) is 0 Å². The number of hydrogen-bond acceptors (Lipinski definition) is 2. The molecule has 1 amide bonds.